The zero-order valence-electron chi connectivity index (χ0n) is 16.1. The predicted octanol–water partition coefficient (Wildman–Crippen LogP) is 2.17. The molecule has 1 aromatic carbocycles. The van der Waals surface area contributed by atoms with Crippen LogP contribution in [0.2, 0.25) is 0 Å². The van der Waals surface area contributed by atoms with E-state index in [9.17, 15) is 9.59 Å². The second-order valence-corrected chi connectivity index (χ2v) is 7.20. The fraction of sp³-hybridized carbons (Fsp3) is 0.450. The van der Waals surface area contributed by atoms with E-state index in [1.165, 1.54) is 0 Å². The molecule has 1 unspecified atom stereocenters. The first-order valence-corrected chi connectivity index (χ1v) is 9.53. The van der Waals surface area contributed by atoms with Crippen LogP contribution in [0.4, 0.5) is 5.69 Å². The third-order valence-electron chi connectivity index (χ3n) is 5.13. The van der Waals surface area contributed by atoms with Crippen LogP contribution in [0.5, 0.6) is 5.88 Å². The Kier molecular flexibility index (Phi) is 5.04. The first kappa shape index (κ1) is 18.5. The van der Waals surface area contributed by atoms with Gasteiger partial charge in [-0.25, -0.2) is 4.68 Å². The largest absolute Gasteiger partial charge is 0.475 e. The van der Waals surface area contributed by atoms with Crippen LogP contribution in [0.1, 0.15) is 51.2 Å². The van der Waals surface area contributed by atoms with Gasteiger partial charge in [0, 0.05) is 31.5 Å². The molecule has 0 bridgehead atoms. The molecule has 0 saturated carbocycles. The highest BCUT2D eigenvalue weighted by atomic mass is 16.5. The lowest BCUT2D eigenvalue weighted by atomic mass is 10.1. The number of anilines is 1. The fourth-order valence-corrected chi connectivity index (χ4v) is 3.66. The van der Waals surface area contributed by atoms with Crippen LogP contribution in [0.3, 0.4) is 0 Å². The Bertz CT molecular complexity index is 915. The molecule has 28 heavy (non-hydrogen) atoms. The Balaban J connectivity index is 1.51. The fourth-order valence-electron chi connectivity index (χ4n) is 3.66. The van der Waals surface area contributed by atoms with E-state index in [4.69, 9.17) is 9.47 Å². The van der Waals surface area contributed by atoms with Crippen molar-refractivity contribution in [2.45, 2.75) is 38.8 Å². The zero-order valence-corrected chi connectivity index (χ0v) is 16.1. The smallest absolute Gasteiger partial charge is 0.263 e. The highest BCUT2D eigenvalue weighted by Gasteiger charge is 2.25. The van der Waals surface area contributed by atoms with Crippen molar-refractivity contribution in [1.29, 1.82) is 0 Å². The van der Waals surface area contributed by atoms with Crippen molar-refractivity contribution < 1.29 is 19.1 Å². The molecule has 0 spiro atoms. The first-order chi connectivity index (χ1) is 13.5. The van der Waals surface area contributed by atoms with Gasteiger partial charge in [0.15, 0.2) is 0 Å². The minimum absolute atomic E-state index is 0.0371. The standard InChI is InChI=1S/C20H24N4O4/c1-12-17(20(24(2)23-12)28-11-15-5-3-4-8-27-15)19(26)22-14-7-6-13-10-21-18(25)16(13)9-14/h6-7,9,15H,3-5,8,10-11H2,1-2H3,(H,21,25)(H,22,26). The third kappa shape index (κ3) is 3.60. The molecular weight excluding hydrogens is 360 g/mol. The zero-order chi connectivity index (χ0) is 19.7. The number of nitrogens with zero attached hydrogens (tertiary/aromatic N) is 2. The van der Waals surface area contributed by atoms with Crippen LogP contribution < -0.4 is 15.4 Å². The molecule has 1 aromatic heterocycles. The maximum absolute atomic E-state index is 12.9. The minimum Gasteiger partial charge on any atom is -0.475 e. The molecule has 1 saturated heterocycles. The third-order valence-corrected chi connectivity index (χ3v) is 5.13. The molecule has 1 fully saturated rings. The molecule has 0 radical (unpaired) electrons. The Labute approximate surface area is 163 Å². The van der Waals surface area contributed by atoms with E-state index in [0.29, 0.717) is 41.5 Å². The molecule has 0 aliphatic carbocycles. The number of benzene rings is 1. The molecule has 8 heteroatoms. The van der Waals surface area contributed by atoms with E-state index in [0.717, 1.165) is 31.4 Å². The normalized spacial score (nSPS) is 18.5. The molecule has 1 atom stereocenters. The number of rotatable bonds is 5. The molecule has 8 nitrogen and oxygen atoms in total. The van der Waals surface area contributed by atoms with Crippen LogP contribution >= 0.6 is 0 Å². The van der Waals surface area contributed by atoms with Gasteiger partial charge in [-0.05, 0) is 43.9 Å². The average Bonchev–Trinajstić information content (AvgIpc) is 3.19. The molecule has 2 aliphatic rings. The SMILES string of the molecule is Cc1nn(C)c(OCC2CCCCO2)c1C(=O)Nc1ccc2c(c1)C(=O)NC2. The molecule has 2 aromatic rings. The van der Waals surface area contributed by atoms with Gasteiger partial charge >= 0.3 is 0 Å². The van der Waals surface area contributed by atoms with Gasteiger partial charge in [0.1, 0.15) is 12.2 Å². The number of nitrogens with one attached hydrogen (secondary N) is 2. The lowest BCUT2D eigenvalue weighted by Gasteiger charge is -2.22. The maximum atomic E-state index is 12.9. The summed E-state index contributed by atoms with van der Waals surface area (Å²) in [6.07, 6.45) is 3.19. The van der Waals surface area contributed by atoms with Crippen LogP contribution in [-0.2, 0) is 18.3 Å². The predicted molar refractivity (Wildman–Crippen MR) is 103 cm³/mol. The molecule has 2 amide bonds. The van der Waals surface area contributed by atoms with Gasteiger partial charge in [-0.15, -0.1) is 0 Å². The lowest BCUT2D eigenvalue weighted by molar-refractivity contribution is -0.0128. The van der Waals surface area contributed by atoms with Crippen LogP contribution in [0, 0.1) is 6.92 Å². The average molecular weight is 384 g/mol. The second kappa shape index (κ2) is 7.63. The Morgan fingerprint density at radius 3 is 3.07 bits per heavy atom. The van der Waals surface area contributed by atoms with Crippen molar-refractivity contribution in [3.05, 3.63) is 40.6 Å². The number of amides is 2. The molecular formula is C20H24N4O4. The Morgan fingerprint density at radius 1 is 1.43 bits per heavy atom. The van der Waals surface area contributed by atoms with E-state index < -0.39 is 0 Å². The van der Waals surface area contributed by atoms with Crippen molar-refractivity contribution in [2.24, 2.45) is 7.05 Å². The van der Waals surface area contributed by atoms with E-state index in [-0.39, 0.29) is 17.9 Å². The molecule has 2 N–H and O–H groups in total. The number of ether oxygens (including phenoxy) is 2. The topological polar surface area (TPSA) is 94.5 Å². The summed E-state index contributed by atoms with van der Waals surface area (Å²) >= 11 is 0. The Morgan fingerprint density at radius 2 is 2.29 bits per heavy atom. The van der Waals surface area contributed by atoms with Gasteiger partial charge in [-0.2, -0.15) is 5.10 Å². The highest BCUT2D eigenvalue weighted by molar-refractivity contribution is 6.07. The molecule has 4 rings (SSSR count). The monoisotopic (exact) mass is 384 g/mol. The number of hydrogen-bond donors (Lipinski definition) is 2. The summed E-state index contributed by atoms with van der Waals surface area (Å²) in [4.78, 5) is 24.8. The van der Waals surface area contributed by atoms with Gasteiger partial charge in [0.2, 0.25) is 5.88 Å². The maximum Gasteiger partial charge on any atom is 0.263 e. The van der Waals surface area contributed by atoms with Gasteiger partial charge in [-0.1, -0.05) is 6.07 Å². The second-order valence-electron chi connectivity index (χ2n) is 7.20. The van der Waals surface area contributed by atoms with Gasteiger partial charge in [0.25, 0.3) is 11.8 Å². The molecule has 2 aliphatic heterocycles. The number of hydrogen-bond acceptors (Lipinski definition) is 5. The van der Waals surface area contributed by atoms with E-state index in [2.05, 4.69) is 15.7 Å². The summed E-state index contributed by atoms with van der Waals surface area (Å²) in [5, 5.41) is 9.96. The van der Waals surface area contributed by atoms with Gasteiger partial charge in [-0.3, -0.25) is 9.59 Å². The van der Waals surface area contributed by atoms with Crippen molar-refractivity contribution >= 4 is 17.5 Å². The van der Waals surface area contributed by atoms with E-state index >= 15 is 0 Å². The van der Waals surface area contributed by atoms with E-state index in [1.807, 2.05) is 6.07 Å². The van der Waals surface area contributed by atoms with Crippen molar-refractivity contribution in [3.8, 4) is 5.88 Å². The summed E-state index contributed by atoms with van der Waals surface area (Å²) in [6.45, 7) is 3.43. The summed E-state index contributed by atoms with van der Waals surface area (Å²) in [7, 11) is 1.75. The summed E-state index contributed by atoms with van der Waals surface area (Å²) in [5.41, 5.74) is 3.05. The van der Waals surface area contributed by atoms with E-state index in [1.54, 1.807) is 30.8 Å². The lowest BCUT2D eigenvalue weighted by Crippen LogP contribution is -2.27. The number of fused-ring (bicyclic) bond motifs is 1. The number of aryl methyl sites for hydroxylation is 2. The van der Waals surface area contributed by atoms with Gasteiger partial charge in [0.05, 0.1) is 11.8 Å². The highest BCUT2D eigenvalue weighted by Crippen LogP contribution is 2.26. The molecule has 3 heterocycles. The summed E-state index contributed by atoms with van der Waals surface area (Å²) < 4.78 is 13.2. The van der Waals surface area contributed by atoms with Crippen molar-refractivity contribution in [2.75, 3.05) is 18.5 Å². The minimum atomic E-state index is -0.316. The number of aromatic nitrogens is 2. The van der Waals surface area contributed by atoms with Gasteiger partial charge < -0.3 is 20.1 Å². The Hall–Kier alpha value is -2.87. The summed E-state index contributed by atoms with van der Waals surface area (Å²) in [6, 6.07) is 5.33. The number of carbonyl (C=O) groups is 2. The summed E-state index contributed by atoms with van der Waals surface area (Å²) in [5.74, 6) is -0.0215. The number of carbonyl (C=O) groups excluding carboxylic acids is 2. The molecule has 148 valence electrons. The van der Waals surface area contributed by atoms with Crippen LogP contribution in [0.15, 0.2) is 18.2 Å². The van der Waals surface area contributed by atoms with Crippen molar-refractivity contribution in [3.63, 3.8) is 0 Å². The van der Waals surface area contributed by atoms with Crippen molar-refractivity contribution in [1.82, 2.24) is 15.1 Å². The van der Waals surface area contributed by atoms with Crippen LogP contribution in [-0.4, -0.2) is 40.9 Å². The first-order valence-electron chi connectivity index (χ1n) is 9.53. The quantitative estimate of drug-likeness (QED) is 0.824. The van der Waals surface area contributed by atoms with Crippen LogP contribution in [0.25, 0.3) is 0 Å².